The molecule has 232 valence electrons. The molecule has 1 aliphatic rings. The fourth-order valence-electron chi connectivity index (χ4n) is 4.98. The van der Waals surface area contributed by atoms with Gasteiger partial charge in [0.1, 0.15) is 11.3 Å². The molecule has 5 rings (SSSR count). The molecule has 14 heteroatoms. The maximum absolute atomic E-state index is 13.3. The van der Waals surface area contributed by atoms with Gasteiger partial charge in [0.2, 0.25) is 11.9 Å². The molecule has 1 aliphatic heterocycles. The summed E-state index contributed by atoms with van der Waals surface area (Å²) in [5, 5.41) is 5.17. The molecule has 0 saturated carbocycles. The Morgan fingerprint density at radius 2 is 1.75 bits per heavy atom. The van der Waals surface area contributed by atoms with Crippen LogP contribution in [0, 0.1) is 0 Å². The van der Waals surface area contributed by atoms with E-state index in [1.165, 1.54) is 17.0 Å². The number of benzene rings is 1. The van der Waals surface area contributed by atoms with Crippen molar-refractivity contribution < 1.29 is 27.4 Å². The second-order valence-electron chi connectivity index (χ2n) is 10.2. The van der Waals surface area contributed by atoms with E-state index in [1.807, 2.05) is 42.0 Å². The molecular weight excluding hydrogens is 579 g/mol. The molecule has 0 spiro atoms. The minimum absolute atomic E-state index is 0.178. The maximum Gasteiger partial charge on any atom is 0.419 e. The highest BCUT2D eigenvalue weighted by atomic mass is 19.4. The van der Waals surface area contributed by atoms with Crippen LogP contribution in [0.25, 0.3) is 10.9 Å². The molecule has 0 bridgehead atoms. The number of aromatic nitrogens is 5. The first kappa shape index (κ1) is 30.6. The summed E-state index contributed by atoms with van der Waals surface area (Å²) in [6, 6.07) is 7.48. The third-order valence-corrected chi connectivity index (χ3v) is 7.43. The van der Waals surface area contributed by atoms with Gasteiger partial charge in [-0.2, -0.15) is 18.3 Å². The van der Waals surface area contributed by atoms with Crippen molar-refractivity contribution in [2.75, 3.05) is 44.8 Å². The predicted molar refractivity (Wildman–Crippen MR) is 156 cm³/mol. The van der Waals surface area contributed by atoms with Gasteiger partial charge in [0, 0.05) is 69.2 Å². The number of carbonyl (C=O) groups is 1. The average molecular weight is 612 g/mol. The lowest BCUT2D eigenvalue weighted by molar-refractivity contribution is -0.138. The monoisotopic (exact) mass is 611 g/mol. The zero-order valence-electron chi connectivity index (χ0n) is 24.3. The second kappa shape index (κ2) is 13.2. The molecule has 4 heterocycles. The summed E-state index contributed by atoms with van der Waals surface area (Å²) in [7, 11) is 1.60. The Morgan fingerprint density at radius 1 is 1.05 bits per heavy atom. The van der Waals surface area contributed by atoms with Gasteiger partial charge in [-0.3, -0.25) is 9.59 Å². The van der Waals surface area contributed by atoms with E-state index in [4.69, 9.17) is 9.47 Å². The second-order valence-corrected chi connectivity index (χ2v) is 10.2. The Labute approximate surface area is 251 Å². The van der Waals surface area contributed by atoms with Crippen LogP contribution in [-0.2, 0) is 35.2 Å². The molecular formula is C30H32F3N7O4. The van der Waals surface area contributed by atoms with Crippen LogP contribution < -0.4 is 15.2 Å². The quantitative estimate of drug-likeness (QED) is 0.152. The molecule has 0 atom stereocenters. The van der Waals surface area contributed by atoms with Crippen molar-refractivity contribution >= 4 is 22.8 Å². The molecule has 4 aromatic rings. The van der Waals surface area contributed by atoms with Gasteiger partial charge in [0.25, 0.3) is 5.56 Å². The Kier molecular flexibility index (Phi) is 9.16. The number of methoxy groups -OCH3 is 1. The van der Waals surface area contributed by atoms with Crippen molar-refractivity contribution in [2.24, 2.45) is 0 Å². The van der Waals surface area contributed by atoms with Gasteiger partial charge in [-0.15, -0.1) is 0 Å². The fraction of sp³-hybridized carbons (Fsp3) is 0.367. The lowest BCUT2D eigenvalue weighted by Gasteiger charge is -2.34. The summed E-state index contributed by atoms with van der Waals surface area (Å²) in [4.78, 5) is 36.9. The van der Waals surface area contributed by atoms with Crippen LogP contribution in [0.5, 0.6) is 5.75 Å². The third kappa shape index (κ3) is 6.84. The number of ether oxygens (including phenoxy) is 2. The average Bonchev–Trinajstić information content (AvgIpc) is 3.40. The fourth-order valence-corrected chi connectivity index (χ4v) is 4.98. The van der Waals surface area contributed by atoms with E-state index in [0.717, 1.165) is 34.7 Å². The minimum Gasteiger partial charge on any atom is -0.501 e. The number of halogens is 3. The van der Waals surface area contributed by atoms with Crippen molar-refractivity contribution in [3.63, 3.8) is 0 Å². The molecule has 1 fully saturated rings. The van der Waals surface area contributed by atoms with Gasteiger partial charge >= 0.3 is 6.18 Å². The molecule has 1 amide bonds. The Balaban J connectivity index is 1.13. The first-order valence-corrected chi connectivity index (χ1v) is 14.1. The number of amides is 1. The van der Waals surface area contributed by atoms with Gasteiger partial charge in [-0.25, -0.2) is 14.6 Å². The van der Waals surface area contributed by atoms with Crippen molar-refractivity contribution in [1.82, 2.24) is 29.2 Å². The smallest absolute Gasteiger partial charge is 0.419 e. The molecule has 44 heavy (non-hydrogen) atoms. The predicted octanol–water partition coefficient (Wildman–Crippen LogP) is 3.51. The number of anilines is 1. The van der Waals surface area contributed by atoms with Crippen molar-refractivity contribution in [1.29, 1.82) is 0 Å². The van der Waals surface area contributed by atoms with E-state index < -0.39 is 11.7 Å². The molecule has 0 N–H and O–H groups in total. The van der Waals surface area contributed by atoms with Crippen LogP contribution in [0.2, 0.25) is 0 Å². The lowest BCUT2D eigenvalue weighted by atomic mass is 10.2. The van der Waals surface area contributed by atoms with E-state index in [0.29, 0.717) is 57.8 Å². The summed E-state index contributed by atoms with van der Waals surface area (Å²) < 4.78 is 52.4. The van der Waals surface area contributed by atoms with Gasteiger partial charge in [-0.05, 0) is 30.2 Å². The Hall–Kier alpha value is -4.88. The van der Waals surface area contributed by atoms with Crippen LogP contribution in [-0.4, -0.2) is 75.0 Å². The number of fused-ring (bicyclic) bond motifs is 1. The largest absolute Gasteiger partial charge is 0.501 e. The third-order valence-electron chi connectivity index (χ3n) is 7.43. The SMILES string of the molecule is CCn1cc(CCOC=CC(=O)N2CCN(c3ncc(C(F)(F)F)cn3)CC2)c2cnn(Cc3ccc(OC)cc3)c(=O)c21. The number of piperazine rings is 1. The minimum atomic E-state index is -4.49. The highest BCUT2D eigenvalue weighted by molar-refractivity contribution is 5.87. The van der Waals surface area contributed by atoms with Gasteiger partial charge < -0.3 is 23.8 Å². The standard InChI is InChI=1S/C30H32F3N7O4/c1-3-37-20-22(25-18-36-40(28(42)27(25)37)19-21-4-6-24(43-2)7-5-21)8-14-44-15-9-26(41)38-10-12-39(13-11-38)29-34-16-23(17-35-29)30(31,32)33/h4-7,9,15-18,20H,3,8,10-14,19H2,1-2H3. The van der Waals surface area contributed by atoms with Crippen molar-refractivity contribution in [3.8, 4) is 5.75 Å². The van der Waals surface area contributed by atoms with Crippen LogP contribution in [0.3, 0.4) is 0 Å². The summed E-state index contributed by atoms with van der Waals surface area (Å²) in [5.74, 6) is 0.700. The molecule has 1 saturated heterocycles. The first-order chi connectivity index (χ1) is 21.2. The van der Waals surface area contributed by atoms with Gasteiger partial charge in [0.15, 0.2) is 0 Å². The van der Waals surface area contributed by atoms with Crippen LogP contribution >= 0.6 is 0 Å². The number of alkyl halides is 3. The number of aryl methyl sites for hydroxylation is 1. The number of carbonyl (C=O) groups excluding carboxylic acids is 1. The van der Waals surface area contributed by atoms with E-state index >= 15 is 0 Å². The first-order valence-electron chi connectivity index (χ1n) is 14.1. The van der Waals surface area contributed by atoms with Gasteiger partial charge in [-0.1, -0.05) is 12.1 Å². The number of hydrogen-bond acceptors (Lipinski definition) is 8. The maximum atomic E-state index is 13.3. The highest BCUT2D eigenvalue weighted by Crippen LogP contribution is 2.28. The van der Waals surface area contributed by atoms with Crippen molar-refractivity contribution in [3.05, 3.63) is 88.4 Å². The molecule has 0 unspecified atom stereocenters. The van der Waals surface area contributed by atoms with Gasteiger partial charge in [0.05, 0.1) is 38.3 Å². The zero-order valence-corrected chi connectivity index (χ0v) is 24.3. The zero-order chi connectivity index (χ0) is 31.3. The highest BCUT2D eigenvalue weighted by Gasteiger charge is 2.32. The van der Waals surface area contributed by atoms with Crippen molar-refractivity contribution in [2.45, 2.75) is 32.6 Å². The van der Waals surface area contributed by atoms with E-state index in [-0.39, 0.29) is 17.4 Å². The number of rotatable bonds is 10. The summed E-state index contributed by atoms with van der Waals surface area (Å²) in [5.41, 5.74) is 1.35. The Morgan fingerprint density at radius 3 is 2.39 bits per heavy atom. The van der Waals surface area contributed by atoms with Crippen LogP contribution in [0.15, 0.2) is 66.2 Å². The molecule has 11 nitrogen and oxygen atoms in total. The van der Waals surface area contributed by atoms with E-state index in [1.54, 1.807) is 23.1 Å². The molecule has 1 aromatic carbocycles. The summed E-state index contributed by atoms with van der Waals surface area (Å²) in [6.45, 7) is 4.74. The number of nitrogens with zero attached hydrogens (tertiary/aromatic N) is 7. The lowest BCUT2D eigenvalue weighted by Crippen LogP contribution is -2.48. The topological polar surface area (TPSA) is 108 Å². The summed E-state index contributed by atoms with van der Waals surface area (Å²) in [6.07, 6.45) is 3.88. The summed E-state index contributed by atoms with van der Waals surface area (Å²) >= 11 is 0. The normalized spacial score (nSPS) is 14.0. The molecule has 0 aliphatic carbocycles. The number of hydrogen-bond donors (Lipinski definition) is 0. The van der Waals surface area contributed by atoms with Crippen LogP contribution in [0.1, 0.15) is 23.6 Å². The molecule has 0 radical (unpaired) electrons. The van der Waals surface area contributed by atoms with E-state index in [9.17, 15) is 22.8 Å². The van der Waals surface area contributed by atoms with E-state index in [2.05, 4.69) is 15.1 Å². The molecule has 3 aromatic heterocycles. The van der Waals surface area contributed by atoms with Crippen LogP contribution in [0.4, 0.5) is 19.1 Å². The Bertz CT molecular complexity index is 1670.